The van der Waals surface area contributed by atoms with Crippen molar-refractivity contribution in [3.8, 4) is 0 Å². The number of carbonyl (C=O) groups is 2. The van der Waals surface area contributed by atoms with Crippen LogP contribution in [0.1, 0.15) is 38.9 Å². The maximum Gasteiger partial charge on any atom is 0.408 e. The molecule has 0 aliphatic rings. The topological polar surface area (TPSA) is 93.5 Å². The number of aryl methyl sites for hydroxylation is 1. The Morgan fingerprint density at radius 1 is 1.55 bits per heavy atom. The van der Waals surface area contributed by atoms with E-state index in [4.69, 9.17) is 9.84 Å². The van der Waals surface area contributed by atoms with E-state index in [2.05, 4.69) is 26.3 Å². The Labute approximate surface area is 125 Å². The normalized spacial score (nSPS) is 12.8. The third-order valence-electron chi connectivity index (χ3n) is 2.31. The van der Waals surface area contributed by atoms with Gasteiger partial charge in [-0.25, -0.2) is 4.79 Å². The highest BCUT2D eigenvalue weighted by Crippen LogP contribution is 2.21. The molecule has 112 valence electrons. The van der Waals surface area contributed by atoms with Gasteiger partial charge >= 0.3 is 12.1 Å². The van der Waals surface area contributed by atoms with Crippen molar-refractivity contribution in [2.75, 3.05) is 0 Å². The molecule has 1 atom stereocenters. The number of aliphatic carboxylic acids is 1. The number of rotatable bonds is 4. The van der Waals surface area contributed by atoms with Crippen LogP contribution in [0, 0.1) is 0 Å². The van der Waals surface area contributed by atoms with E-state index in [0.717, 1.165) is 0 Å². The van der Waals surface area contributed by atoms with Gasteiger partial charge in [0.2, 0.25) is 0 Å². The number of aromatic nitrogens is 2. The molecule has 0 unspecified atom stereocenters. The first-order valence-electron chi connectivity index (χ1n) is 5.99. The van der Waals surface area contributed by atoms with E-state index in [1.165, 1.54) is 4.68 Å². The Hall–Kier alpha value is -1.57. The summed E-state index contributed by atoms with van der Waals surface area (Å²) in [6.45, 7) is 5.21. The van der Waals surface area contributed by atoms with E-state index in [1.54, 1.807) is 33.9 Å². The lowest BCUT2D eigenvalue weighted by atomic mass is 10.1. The average Bonchev–Trinajstić information content (AvgIpc) is 2.53. The molecular weight excluding hydrogens is 330 g/mol. The molecule has 2 N–H and O–H groups in total. The molecule has 8 heteroatoms. The zero-order valence-electron chi connectivity index (χ0n) is 11.8. The van der Waals surface area contributed by atoms with Crippen molar-refractivity contribution in [1.82, 2.24) is 15.1 Å². The van der Waals surface area contributed by atoms with Gasteiger partial charge in [0.05, 0.1) is 18.2 Å². The van der Waals surface area contributed by atoms with Gasteiger partial charge in [0.25, 0.3) is 0 Å². The minimum atomic E-state index is -1.02. The summed E-state index contributed by atoms with van der Waals surface area (Å²) in [7, 11) is 1.67. The predicted octanol–water partition coefficient (Wildman–Crippen LogP) is 2.22. The van der Waals surface area contributed by atoms with Crippen LogP contribution in [0.15, 0.2) is 10.7 Å². The molecule has 20 heavy (non-hydrogen) atoms. The molecule has 0 aliphatic carbocycles. The molecule has 1 heterocycles. The van der Waals surface area contributed by atoms with Crippen molar-refractivity contribution in [2.24, 2.45) is 7.05 Å². The van der Waals surface area contributed by atoms with Crippen molar-refractivity contribution in [3.63, 3.8) is 0 Å². The van der Waals surface area contributed by atoms with Gasteiger partial charge in [-0.15, -0.1) is 0 Å². The summed E-state index contributed by atoms with van der Waals surface area (Å²) in [5.74, 6) is -1.02. The van der Waals surface area contributed by atoms with E-state index < -0.39 is 23.7 Å². The van der Waals surface area contributed by atoms with Crippen LogP contribution in [0.3, 0.4) is 0 Å². The smallest absolute Gasteiger partial charge is 0.408 e. The molecule has 0 fully saturated rings. The number of carbonyl (C=O) groups excluding carboxylic acids is 1. The molecule has 1 rings (SSSR count). The second kappa shape index (κ2) is 6.25. The van der Waals surface area contributed by atoms with Gasteiger partial charge in [0.15, 0.2) is 0 Å². The maximum absolute atomic E-state index is 11.8. The number of nitrogens with one attached hydrogen (secondary N) is 1. The first-order chi connectivity index (χ1) is 9.08. The van der Waals surface area contributed by atoms with E-state index in [-0.39, 0.29) is 6.42 Å². The van der Waals surface area contributed by atoms with Gasteiger partial charge < -0.3 is 15.2 Å². The fourth-order valence-corrected chi connectivity index (χ4v) is 2.10. The van der Waals surface area contributed by atoms with Crippen molar-refractivity contribution in [3.05, 3.63) is 16.4 Å². The number of hydrogen-bond donors (Lipinski definition) is 2. The highest BCUT2D eigenvalue weighted by atomic mass is 79.9. The summed E-state index contributed by atoms with van der Waals surface area (Å²) in [6, 6.07) is 0.941. The van der Waals surface area contributed by atoms with Gasteiger partial charge in [0, 0.05) is 7.05 Å². The molecule has 0 saturated heterocycles. The zero-order chi connectivity index (χ0) is 15.5. The summed E-state index contributed by atoms with van der Waals surface area (Å²) < 4.78 is 7.21. The van der Waals surface area contributed by atoms with Gasteiger partial charge in [-0.1, -0.05) is 0 Å². The van der Waals surface area contributed by atoms with Crippen molar-refractivity contribution < 1.29 is 19.4 Å². The quantitative estimate of drug-likeness (QED) is 0.870. The number of nitrogens with zero attached hydrogens (tertiary/aromatic N) is 2. The SMILES string of the molecule is Cn1nc(Br)cc1[C@H](CC(=O)O)NC(=O)OC(C)(C)C. The van der Waals surface area contributed by atoms with E-state index >= 15 is 0 Å². The largest absolute Gasteiger partial charge is 0.481 e. The summed E-state index contributed by atoms with van der Waals surface area (Å²) >= 11 is 3.21. The third-order valence-corrected chi connectivity index (χ3v) is 2.70. The number of carboxylic acid groups (broad SMARTS) is 1. The molecular formula is C12H18BrN3O4. The van der Waals surface area contributed by atoms with Crippen LogP contribution in [0.4, 0.5) is 4.79 Å². The third kappa shape index (κ3) is 5.20. The molecule has 0 saturated carbocycles. The lowest BCUT2D eigenvalue weighted by molar-refractivity contribution is -0.137. The summed E-state index contributed by atoms with van der Waals surface area (Å²) in [4.78, 5) is 22.7. The van der Waals surface area contributed by atoms with Crippen LogP contribution in [0.5, 0.6) is 0 Å². The number of halogens is 1. The summed E-state index contributed by atoms with van der Waals surface area (Å²) in [5.41, 5.74) is -0.0737. The van der Waals surface area contributed by atoms with Gasteiger partial charge in [-0.2, -0.15) is 5.10 Å². The molecule has 1 amide bonds. The lowest BCUT2D eigenvalue weighted by Gasteiger charge is -2.23. The first-order valence-corrected chi connectivity index (χ1v) is 6.78. The molecule has 0 radical (unpaired) electrons. The molecule has 7 nitrogen and oxygen atoms in total. The predicted molar refractivity (Wildman–Crippen MR) is 75.3 cm³/mol. The van der Waals surface area contributed by atoms with Crippen LogP contribution in [-0.2, 0) is 16.6 Å². The Kier molecular flexibility index (Phi) is 5.15. The number of hydrogen-bond acceptors (Lipinski definition) is 4. The van der Waals surface area contributed by atoms with Crippen LogP contribution >= 0.6 is 15.9 Å². The number of carboxylic acids is 1. The highest BCUT2D eigenvalue weighted by Gasteiger charge is 2.24. The second-order valence-electron chi connectivity index (χ2n) is 5.31. The fourth-order valence-electron chi connectivity index (χ4n) is 1.63. The summed E-state index contributed by atoms with van der Waals surface area (Å²) in [5, 5.41) is 15.6. The van der Waals surface area contributed by atoms with Crippen LogP contribution < -0.4 is 5.32 Å². The van der Waals surface area contributed by atoms with Crippen molar-refractivity contribution in [2.45, 2.75) is 38.8 Å². The monoisotopic (exact) mass is 347 g/mol. The van der Waals surface area contributed by atoms with Gasteiger partial charge in [-0.3, -0.25) is 9.48 Å². The highest BCUT2D eigenvalue weighted by molar-refractivity contribution is 9.10. The molecule has 0 aromatic carbocycles. The van der Waals surface area contributed by atoms with Crippen molar-refractivity contribution in [1.29, 1.82) is 0 Å². The molecule has 0 bridgehead atoms. The average molecular weight is 348 g/mol. The zero-order valence-corrected chi connectivity index (χ0v) is 13.4. The van der Waals surface area contributed by atoms with Crippen LogP contribution in [-0.4, -0.2) is 32.6 Å². The minimum Gasteiger partial charge on any atom is -0.481 e. The Balaban J connectivity index is 2.88. The fraction of sp³-hybridized carbons (Fsp3) is 0.583. The van der Waals surface area contributed by atoms with Crippen LogP contribution in [0.25, 0.3) is 0 Å². The number of amides is 1. The van der Waals surface area contributed by atoms with Gasteiger partial charge in [-0.05, 0) is 42.8 Å². The Bertz CT molecular complexity index is 507. The minimum absolute atomic E-state index is 0.259. The van der Waals surface area contributed by atoms with E-state index in [0.29, 0.717) is 10.3 Å². The molecule has 1 aromatic rings. The maximum atomic E-state index is 11.8. The van der Waals surface area contributed by atoms with Gasteiger partial charge in [0.1, 0.15) is 10.2 Å². The van der Waals surface area contributed by atoms with Crippen molar-refractivity contribution >= 4 is 28.0 Å². The van der Waals surface area contributed by atoms with Crippen LogP contribution in [0.2, 0.25) is 0 Å². The second-order valence-corrected chi connectivity index (χ2v) is 6.12. The number of alkyl carbamates (subject to hydrolysis) is 1. The van der Waals surface area contributed by atoms with E-state index in [1.807, 2.05) is 0 Å². The Morgan fingerprint density at radius 3 is 2.55 bits per heavy atom. The summed E-state index contributed by atoms with van der Waals surface area (Å²) in [6.07, 6.45) is -0.924. The molecule has 1 aromatic heterocycles. The first kappa shape index (κ1) is 16.5. The molecule has 0 aliphatic heterocycles. The lowest BCUT2D eigenvalue weighted by Crippen LogP contribution is -2.36. The standard InChI is InChI=1S/C12H18BrN3O4/c1-12(2,3)20-11(19)14-7(5-10(17)18)8-6-9(13)15-16(8)4/h6-7H,5H2,1-4H3,(H,14,19)(H,17,18)/t7-/m0/s1. The number of ether oxygens (including phenoxy) is 1. The Morgan fingerprint density at radius 2 is 2.15 bits per heavy atom. The van der Waals surface area contributed by atoms with E-state index in [9.17, 15) is 9.59 Å². The molecule has 0 spiro atoms.